The predicted octanol–water partition coefficient (Wildman–Crippen LogP) is 3.21. The fourth-order valence-electron chi connectivity index (χ4n) is 1.17. The van der Waals surface area contributed by atoms with Crippen molar-refractivity contribution in [2.75, 3.05) is 6.54 Å². The molecule has 0 saturated carbocycles. The quantitative estimate of drug-likeness (QED) is 0.734. The summed E-state index contributed by atoms with van der Waals surface area (Å²) in [6, 6.07) is 0. The smallest absolute Gasteiger partial charge is 0.0700 e. The summed E-state index contributed by atoms with van der Waals surface area (Å²) in [5, 5.41) is 3.49. The van der Waals surface area contributed by atoms with Gasteiger partial charge in [0.05, 0.1) is 12.2 Å². The summed E-state index contributed by atoms with van der Waals surface area (Å²) >= 11 is 0. The first-order valence-corrected chi connectivity index (χ1v) is 6.16. The Labute approximate surface area is 95.8 Å². The van der Waals surface area contributed by atoms with Gasteiger partial charge in [0.1, 0.15) is 0 Å². The number of nitrogens with one attached hydrogen (secondary N) is 1. The standard InChI is InChI=1S/C13H29NO/c1-8-12(9-14-13(5,6)7)15-11(4)10(2)3/h10-12,14H,8-9H2,1-7H3. The van der Waals surface area contributed by atoms with Gasteiger partial charge < -0.3 is 10.1 Å². The van der Waals surface area contributed by atoms with Crippen LogP contribution in [0.15, 0.2) is 0 Å². The van der Waals surface area contributed by atoms with Crippen molar-refractivity contribution >= 4 is 0 Å². The molecular weight excluding hydrogens is 186 g/mol. The van der Waals surface area contributed by atoms with Gasteiger partial charge in [-0.25, -0.2) is 0 Å². The van der Waals surface area contributed by atoms with Gasteiger partial charge in [0.25, 0.3) is 0 Å². The first kappa shape index (κ1) is 14.9. The zero-order valence-electron chi connectivity index (χ0n) is 11.6. The van der Waals surface area contributed by atoms with Gasteiger partial charge in [-0.1, -0.05) is 20.8 Å². The Balaban J connectivity index is 3.93. The molecule has 0 aromatic heterocycles. The molecule has 0 aliphatic carbocycles. The Kier molecular flexibility index (Phi) is 6.46. The third-order valence-corrected chi connectivity index (χ3v) is 2.66. The van der Waals surface area contributed by atoms with Gasteiger partial charge >= 0.3 is 0 Å². The van der Waals surface area contributed by atoms with Crippen LogP contribution in [-0.4, -0.2) is 24.3 Å². The lowest BCUT2D eigenvalue weighted by molar-refractivity contribution is -0.0279. The van der Waals surface area contributed by atoms with E-state index in [2.05, 4.69) is 53.8 Å². The molecule has 0 rings (SSSR count). The zero-order valence-corrected chi connectivity index (χ0v) is 11.6. The molecule has 0 bridgehead atoms. The molecule has 0 aromatic rings. The summed E-state index contributed by atoms with van der Waals surface area (Å²) in [5.74, 6) is 0.591. The normalized spacial score (nSPS) is 16.8. The van der Waals surface area contributed by atoms with E-state index in [9.17, 15) is 0 Å². The lowest BCUT2D eigenvalue weighted by Crippen LogP contribution is -2.42. The second-order valence-corrected chi connectivity index (χ2v) is 5.75. The van der Waals surface area contributed by atoms with Crippen LogP contribution in [0, 0.1) is 5.92 Å². The summed E-state index contributed by atoms with van der Waals surface area (Å²) in [6.07, 6.45) is 1.75. The molecule has 0 amide bonds. The highest BCUT2D eigenvalue weighted by Gasteiger charge is 2.16. The molecule has 0 fully saturated rings. The molecule has 2 unspecified atom stereocenters. The van der Waals surface area contributed by atoms with Crippen LogP contribution in [0.25, 0.3) is 0 Å². The van der Waals surface area contributed by atoms with E-state index in [1.807, 2.05) is 0 Å². The Hall–Kier alpha value is -0.0800. The fraction of sp³-hybridized carbons (Fsp3) is 1.00. The number of hydrogen-bond acceptors (Lipinski definition) is 2. The van der Waals surface area contributed by atoms with Gasteiger partial charge in [-0.05, 0) is 40.0 Å². The van der Waals surface area contributed by atoms with E-state index in [1.165, 1.54) is 0 Å². The van der Waals surface area contributed by atoms with Gasteiger partial charge in [0.2, 0.25) is 0 Å². The molecule has 15 heavy (non-hydrogen) atoms. The summed E-state index contributed by atoms with van der Waals surface area (Å²) in [5.41, 5.74) is 0.178. The average Bonchev–Trinajstić information content (AvgIpc) is 2.10. The molecule has 2 atom stereocenters. The van der Waals surface area contributed by atoms with Crippen LogP contribution in [0.2, 0.25) is 0 Å². The first-order chi connectivity index (χ1) is 6.76. The van der Waals surface area contributed by atoms with Gasteiger partial charge in [-0.2, -0.15) is 0 Å². The minimum absolute atomic E-state index is 0.178. The first-order valence-electron chi connectivity index (χ1n) is 6.16. The van der Waals surface area contributed by atoms with E-state index in [1.54, 1.807) is 0 Å². The van der Waals surface area contributed by atoms with Crippen molar-refractivity contribution in [3.05, 3.63) is 0 Å². The minimum atomic E-state index is 0.178. The van der Waals surface area contributed by atoms with E-state index in [-0.39, 0.29) is 5.54 Å². The average molecular weight is 215 g/mol. The highest BCUT2D eigenvalue weighted by molar-refractivity contribution is 4.73. The molecule has 1 N–H and O–H groups in total. The summed E-state index contributed by atoms with van der Waals surface area (Å²) in [6.45, 7) is 16.2. The number of rotatable bonds is 6. The molecular formula is C13H29NO. The molecule has 0 aliphatic rings. The van der Waals surface area contributed by atoms with Crippen molar-refractivity contribution in [1.29, 1.82) is 0 Å². The largest absolute Gasteiger partial charge is 0.374 e. The molecule has 0 radical (unpaired) electrons. The van der Waals surface area contributed by atoms with Crippen LogP contribution in [-0.2, 0) is 4.74 Å². The van der Waals surface area contributed by atoms with Crippen LogP contribution in [0.5, 0.6) is 0 Å². The van der Waals surface area contributed by atoms with Gasteiger partial charge in [-0.3, -0.25) is 0 Å². The van der Waals surface area contributed by atoms with Crippen molar-refractivity contribution in [3.8, 4) is 0 Å². The van der Waals surface area contributed by atoms with Crippen LogP contribution in [0.3, 0.4) is 0 Å². The van der Waals surface area contributed by atoms with Gasteiger partial charge in [-0.15, -0.1) is 0 Å². The van der Waals surface area contributed by atoms with Crippen molar-refractivity contribution < 1.29 is 4.74 Å². The van der Waals surface area contributed by atoms with Crippen molar-refractivity contribution in [3.63, 3.8) is 0 Å². The Morgan fingerprint density at radius 3 is 2.00 bits per heavy atom. The molecule has 92 valence electrons. The van der Waals surface area contributed by atoms with Crippen molar-refractivity contribution in [2.24, 2.45) is 5.92 Å². The van der Waals surface area contributed by atoms with E-state index in [4.69, 9.17) is 4.74 Å². The lowest BCUT2D eigenvalue weighted by atomic mass is 10.1. The molecule has 0 aromatic carbocycles. The third-order valence-electron chi connectivity index (χ3n) is 2.66. The highest BCUT2D eigenvalue weighted by atomic mass is 16.5. The topological polar surface area (TPSA) is 21.3 Å². The SMILES string of the molecule is CCC(CNC(C)(C)C)OC(C)C(C)C. The summed E-state index contributed by atoms with van der Waals surface area (Å²) in [7, 11) is 0. The molecule has 0 spiro atoms. The Morgan fingerprint density at radius 1 is 1.13 bits per heavy atom. The number of hydrogen-bond donors (Lipinski definition) is 1. The maximum Gasteiger partial charge on any atom is 0.0700 e. The van der Waals surface area contributed by atoms with Crippen LogP contribution in [0.1, 0.15) is 54.9 Å². The lowest BCUT2D eigenvalue weighted by Gasteiger charge is -2.28. The molecule has 0 saturated heterocycles. The maximum absolute atomic E-state index is 5.99. The van der Waals surface area contributed by atoms with Gasteiger partial charge in [0, 0.05) is 12.1 Å². The van der Waals surface area contributed by atoms with Crippen LogP contribution < -0.4 is 5.32 Å². The maximum atomic E-state index is 5.99. The predicted molar refractivity (Wildman–Crippen MR) is 67.2 cm³/mol. The second-order valence-electron chi connectivity index (χ2n) is 5.75. The second kappa shape index (κ2) is 6.49. The summed E-state index contributed by atoms with van der Waals surface area (Å²) in [4.78, 5) is 0. The van der Waals surface area contributed by atoms with Crippen LogP contribution in [0.4, 0.5) is 0 Å². The van der Waals surface area contributed by atoms with Crippen molar-refractivity contribution in [1.82, 2.24) is 5.32 Å². The van der Waals surface area contributed by atoms with Gasteiger partial charge in [0.15, 0.2) is 0 Å². The molecule has 2 heteroatoms. The third kappa shape index (κ3) is 7.80. The highest BCUT2D eigenvalue weighted by Crippen LogP contribution is 2.11. The van der Waals surface area contributed by atoms with E-state index in [0.29, 0.717) is 18.1 Å². The Morgan fingerprint density at radius 2 is 1.67 bits per heavy atom. The van der Waals surface area contributed by atoms with Crippen LogP contribution >= 0.6 is 0 Å². The van der Waals surface area contributed by atoms with Crippen molar-refractivity contribution in [2.45, 2.75) is 72.6 Å². The van der Waals surface area contributed by atoms with E-state index in [0.717, 1.165) is 13.0 Å². The monoisotopic (exact) mass is 215 g/mol. The molecule has 2 nitrogen and oxygen atoms in total. The van der Waals surface area contributed by atoms with E-state index >= 15 is 0 Å². The summed E-state index contributed by atoms with van der Waals surface area (Å²) < 4.78 is 5.99. The number of ether oxygens (including phenoxy) is 1. The molecule has 0 heterocycles. The fourth-order valence-corrected chi connectivity index (χ4v) is 1.17. The van der Waals surface area contributed by atoms with E-state index < -0.39 is 0 Å². The Bertz CT molecular complexity index is 160. The zero-order chi connectivity index (χ0) is 12.1. The molecule has 0 aliphatic heterocycles. The minimum Gasteiger partial charge on any atom is -0.374 e.